The van der Waals surface area contributed by atoms with E-state index in [4.69, 9.17) is 0 Å². The second-order valence-electron chi connectivity index (χ2n) is 8.51. The lowest BCUT2D eigenvalue weighted by atomic mass is 10.2. The topological polar surface area (TPSA) is 82.2 Å². The Morgan fingerprint density at radius 1 is 1.21 bits per heavy atom. The number of carbonyl (C=O) groups is 1. The van der Waals surface area contributed by atoms with Crippen LogP contribution in [0.15, 0.2) is 6.20 Å². The minimum Gasteiger partial charge on any atom is -0.367 e. The Morgan fingerprint density at radius 3 is 2.68 bits per heavy atom. The van der Waals surface area contributed by atoms with Crippen molar-refractivity contribution in [1.82, 2.24) is 20.2 Å². The Bertz CT molecular complexity index is 623. The van der Waals surface area contributed by atoms with Crippen molar-refractivity contribution in [3.8, 4) is 0 Å². The number of carbonyl (C=O) groups excluding carboxylic acids is 1. The van der Waals surface area contributed by atoms with E-state index in [-0.39, 0.29) is 5.91 Å². The summed E-state index contributed by atoms with van der Waals surface area (Å²) in [6.07, 6.45) is 10.1. The molecule has 3 rings (SSSR count). The second kappa shape index (κ2) is 10.6. The molecular weight excluding hydrogens is 352 g/mol. The molecule has 0 spiro atoms. The maximum Gasteiger partial charge on any atom is 0.256 e. The highest BCUT2D eigenvalue weighted by Gasteiger charge is 2.20. The fourth-order valence-electron chi connectivity index (χ4n) is 3.91. The molecule has 2 heterocycles. The molecule has 28 heavy (non-hydrogen) atoms. The number of aromatic nitrogens is 2. The first-order chi connectivity index (χ1) is 13.6. The Kier molecular flexibility index (Phi) is 7.89. The summed E-state index contributed by atoms with van der Waals surface area (Å²) in [5.74, 6) is 1.56. The van der Waals surface area contributed by atoms with Gasteiger partial charge in [-0.1, -0.05) is 26.7 Å². The lowest BCUT2D eigenvalue weighted by Gasteiger charge is -2.18. The Balaban J connectivity index is 1.59. The van der Waals surface area contributed by atoms with E-state index in [1.807, 2.05) is 0 Å². The number of nitrogens with one attached hydrogen (secondary N) is 3. The third-order valence-electron chi connectivity index (χ3n) is 5.53. The molecule has 1 aliphatic carbocycles. The van der Waals surface area contributed by atoms with Gasteiger partial charge in [-0.25, -0.2) is 4.98 Å². The maximum atomic E-state index is 12.6. The molecule has 0 atom stereocenters. The smallest absolute Gasteiger partial charge is 0.256 e. The first-order valence-electron chi connectivity index (χ1n) is 11.0. The minimum atomic E-state index is -0.102. The number of rotatable bonds is 10. The zero-order valence-electron chi connectivity index (χ0n) is 17.5. The summed E-state index contributed by atoms with van der Waals surface area (Å²) in [4.78, 5) is 24.2. The normalized spacial score (nSPS) is 18.0. The molecule has 1 saturated carbocycles. The van der Waals surface area contributed by atoms with E-state index in [1.54, 1.807) is 6.20 Å². The van der Waals surface area contributed by atoms with Crippen molar-refractivity contribution in [2.45, 2.75) is 64.8 Å². The summed E-state index contributed by atoms with van der Waals surface area (Å²) in [6.45, 7) is 9.25. The lowest BCUT2D eigenvalue weighted by molar-refractivity contribution is 0.0949. The van der Waals surface area contributed by atoms with E-state index in [2.05, 4.69) is 44.7 Å². The summed E-state index contributed by atoms with van der Waals surface area (Å²) in [5, 5.41) is 9.80. The molecule has 1 aliphatic heterocycles. The van der Waals surface area contributed by atoms with Crippen LogP contribution in [0.4, 0.5) is 11.8 Å². The SMILES string of the molecule is CC(C)CNC(=O)c1cnc(NCCCN2CCCC2)nc1NC1CCCC1. The Labute approximate surface area is 169 Å². The van der Waals surface area contributed by atoms with E-state index in [1.165, 1.54) is 38.8 Å². The Hall–Kier alpha value is -1.89. The highest BCUT2D eigenvalue weighted by atomic mass is 16.1. The van der Waals surface area contributed by atoms with Gasteiger partial charge in [0.2, 0.25) is 5.95 Å². The van der Waals surface area contributed by atoms with Gasteiger partial charge in [-0.05, 0) is 57.7 Å². The van der Waals surface area contributed by atoms with Crippen LogP contribution in [0.2, 0.25) is 0 Å². The van der Waals surface area contributed by atoms with Crippen LogP contribution in [-0.4, -0.2) is 59.5 Å². The minimum absolute atomic E-state index is 0.102. The molecule has 0 aromatic carbocycles. The number of hydrogen-bond donors (Lipinski definition) is 3. The highest BCUT2D eigenvalue weighted by molar-refractivity contribution is 5.98. The monoisotopic (exact) mass is 388 g/mol. The quantitative estimate of drug-likeness (QED) is 0.534. The van der Waals surface area contributed by atoms with Crippen molar-refractivity contribution in [3.05, 3.63) is 11.8 Å². The molecule has 1 aromatic rings. The standard InChI is InChI=1S/C21H36N6O/c1-16(2)14-23-20(28)18-15-24-21(22-10-7-13-27-11-5-6-12-27)26-19(18)25-17-8-3-4-9-17/h15-17H,3-14H2,1-2H3,(H,23,28)(H2,22,24,25,26). The van der Waals surface area contributed by atoms with Crippen molar-refractivity contribution in [3.63, 3.8) is 0 Å². The van der Waals surface area contributed by atoms with Gasteiger partial charge in [-0.15, -0.1) is 0 Å². The molecule has 1 amide bonds. The van der Waals surface area contributed by atoms with Gasteiger partial charge in [0, 0.05) is 25.3 Å². The highest BCUT2D eigenvalue weighted by Crippen LogP contribution is 2.24. The molecule has 1 saturated heterocycles. The third kappa shape index (κ3) is 6.33. The molecule has 2 aliphatic rings. The van der Waals surface area contributed by atoms with Crippen molar-refractivity contribution < 1.29 is 4.79 Å². The van der Waals surface area contributed by atoms with Crippen LogP contribution in [0.25, 0.3) is 0 Å². The average molecular weight is 389 g/mol. The fraction of sp³-hybridized carbons (Fsp3) is 0.762. The molecule has 3 N–H and O–H groups in total. The van der Waals surface area contributed by atoms with Gasteiger partial charge in [-0.2, -0.15) is 4.98 Å². The first kappa shape index (κ1) is 20.8. The van der Waals surface area contributed by atoms with Crippen LogP contribution in [-0.2, 0) is 0 Å². The number of amides is 1. The largest absolute Gasteiger partial charge is 0.367 e. The third-order valence-corrected chi connectivity index (χ3v) is 5.53. The molecule has 2 fully saturated rings. The lowest BCUT2D eigenvalue weighted by Crippen LogP contribution is -2.29. The predicted molar refractivity (Wildman–Crippen MR) is 114 cm³/mol. The van der Waals surface area contributed by atoms with Crippen LogP contribution in [0.5, 0.6) is 0 Å². The fourth-order valence-corrected chi connectivity index (χ4v) is 3.91. The number of nitrogens with zero attached hydrogens (tertiary/aromatic N) is 3. The molecule has 0 bridgehead atoms. The van der Waals surface area contributed by atoms with Gasteiger partial charge in [0.1, 0.15) is 11.4 Å². The van der Waals surface area contributed by atoms with Crippen LogP contribution in [0.3, 0.4) is 0 Å². The van der Waals surface area contributed by atoms with Crippen molar-refractivity contribution >= 4 is 17.7 Å². The van der Waals surface area contributed by atoms with E-state index < -0.39 is 0 Å². The number of likely N-dealkylation sites (tertiary alicyclic amines) is 1. The summed E-state index contributed by atoms with van der Waals surface area (Å²) in [6, 6.07) is 0.398. The number of anilines is 2. The van der Waals surface area contributed by atoms with Crippen LogP contribution < -0.4 is 16.0 Å². The van der Waals surface area contributed by atoms with E-state index >= 15 is 0 Å². The zero-order chi connectivity index (χ0) is 19.8. The van der Waals surface area contributed by atoms with E-state index in [9.17, 15) is 4.79 Å². The molecule has 7 nitrogen and oxygen atoms in total. The van der Waals surface area contributed by atoms with Gasteiger partial charge >= 0.3 is 0 Å². The van der Waals surface area contributed by atoms with E-state index in [0.29, 0.717) is 35.8 Å². The Morgan fingerprint density at radius 2 is 1.96 bits per heavy atom. The van der Waals surface area contributed by atoms with Crippen LogP contribution in [0, 0.1) is 5.92 Å². The van der Waals surface area contributed by atoms with Gasteiger partial charge in [0.05, 0.1) is 0 Å². The van der Waals surface area contributed by atoms with Crippen molar-refractivity contribution in [2.24, 2.45) is 5.92 Å². The summed E-state index contributed by atoms with van der Waals surface area (Å²) >= 11 is 0. The first-order valence-corrected chi connectivity index (χ1v) is 11.0. The zero-order valence-corrected chi connectivity index (χ0v) is 17.5. The van der Waals surface area contributed by atoms with Crippen LogP contribution in [0.1, 0.15) is 69.2 Å². The van der Waals surface area contributed by atoms with Gasteiger partial charge in [-0.3, -0.25) is 4.79 Å². The molecule has 1 aromatic heterocycles. The maximum absolute atomic E-state index is 12.6. The average Bonchev–Trinajstić information content (AvgIpc) is 3.37. The van der Waals surface area contributed by atoms with Gasteiger partial charge < -0.3 is 20.9 Å². The molecule has 7 heteroatoms. The predicted octanol–water partition coefficient (Wildman–Crippen LogP) is 3.11. The van der Waals surface area contributed by atoms with Crippen LogP contribution >= 0.6 is 0 Å². The van der Waals surface area contributed by atoms with Crippen molar-refractivity contribution in [1.29, 1.82) is 0 Å². The summed E-state index contributed by atoms with van der Waals surface area (Å²) in [7, 11) is 0. The molecule has 0 unspecified atom stereocenters. The van der Waals surface area contributed by atoms with E-state index in [0.717, 1.165) is 32.4 Å². The molecule has 156 valence electrons. The molecule has 0 radical (unpaired) electrons. The van der Waals surface area contributed by atoms with Gasteiger partial charge in [0.15, 0.2) is 0 Å². The van der Waals surface area contributed by atoms with Crippen molar-refractivity contribution in [2.75, 3.05) is 43.4 Å². The summed E-state index contributed by atoms with van der Waals surface area (Å²) < 4.78 is 0. The van der Waals surface area contributed by atoms with Gasteiger partial charge in [0.25, 0.3) is 5.91 Å². The molecular formula is C21H36N6O. The number of hydrogen-bond acceptors (Lipinski definition) is 6. The summed E-state index contributed by atoms with van der Waals surface area (Å²) in [5.41, 5.74) is 0.537. The second-order valence-corrected chi connectivity index (χ2v) is 8.51.